The van der Waals surface area contributed by atoms with Crippen molar-refractivity contribution in [2.24, 2.45) is 5.73 Å². The van der Waals surface area contributed by atoms with Crippen LogP contribution >= 0.6 is 23.2 Å². The van der Waals surface area contributed by atoms with E-state index in [4.69, 9.17) is 28.9 Å². The first-order valence-electron chi connectivity index (χ1n) is 10.1. The van der Waals surface area contributed by atoms with Gasteiger partial charge in [-0.2, -0.15) is 5.10 Å². The number of amides is 3. The molecule has 4 rings (SSSR count). The second-order valence-electron chi connectivity index (χ2n) is 7.69. The largest absolute Gasteiger partial charge is 0.364 e. The lowest BCUT2D eigenvalue weighted by molar-refractivity contribution is -0.137. The van der Waals surface area contributed by atoms with Gasteiger partial charge in [-0.25, -0.2) is 0 Å². The van der Waals surface area contributed by atoms with Gasteiger partial charge in [-0.3, -0.25) is 19.1 Å². The molecule has 3 aromatic rings. The van der Waals surface area contributed by atoms with Gasteiger partial charge in [0, 0.05) is 28.0 Å². The number of nitrogens with zero attached hydrogens (tertiary/aromatic N) is 3. The molecule has 2 aromatic carbocycles. The number of benzene rings is 2. The molecule has 0 spiro atoms. The standard InChI is InChI=1S/C22H21Cl2N5O3/c23-14-7-13(8-15(24)9-14)10-26-19(30)11-28(16-5-6-16)20(31)12-29-18-4-2-1-3-17(18)21(27-29)22(25)32/h1-4,7-9,16H,5-6,10-12H2,(H2,25,32)(H,26,30). The summed E-state index contributed by atoms with van der Waals surface area (Å²) >= 11 is 12.0. The fraction of sp³-hybridized carbons (Fsp3) is 0.273. The van der Waals surface area contributed by atoms with Crippen LogP contribution in [0.3, 0.4) is 0 Å². The predicted octanol–water partition coefficient (Wildman–Crippen LogP) is 2.75. The lowest BCUT2D eigenvalue weighted by Crippen LogP contribution is -2.43. The number of halogens is 2. The Morgan fingerprint density at radius 3 is 2.47 bits per heavy atom. The maximum absolute atomic E-state index is 13.0. The monoisotopic (exact) mass is 473 g/mol. The molecule has 3 amide bonds. The molecule has 1 aliphatic rings. The number of para-hydroxylation sites is 1. The van der Waals surface area contributed by atoms with Crippen LogP contribution in [0.1, 0.15) is 28.9 Å². The molecule has 1 heterocycles. The number of hydrogen-bond acceptors (Lipinski definition) is 4. The molecular formula is C22H21Cl2N5O3. The van der Waals surface area contributed by atoms with Gasteiger partial charge in [0.15, 0.2) is 5.69 Å². The van der Waals surface area contributed by atoms with Crippen molar-refractivity contribution < 1.29 is 14.4 Å². The molecule has 0 saturated heterocycles. The third-order valence-electron chi connectivity index (χ3n) is 5.21. The van der Waals surface area contributed by atoms with E-state index in [0.717, 1.165) is 18.4 Å². The smallest absolute Gasteiger partial charge is 0.269 e. The lowest BCUT2D eigenvalue weighted by atomic mass is 10.2. The molecule has 166 valence electrons. The number of fused-ring (bicyclic) bond motifs is 1. The first-order valence-corrected chi connectivity index (χ1v) is 10.8. The van der Waals surface area contributed by atoms with Crippen molar-refractivity contribution in [3.63, 3.8) is 0 Å². The Hall–Kier alpha value is -3.10. The van der Waals surface area contributed by atoms with E-state index in [2.05, 4.69) is 10.4 Å². The van der Waals surface area contributed by atoms with Crippen molar-refractivity contribution in [3.05, 3.63) is 63.8 Å². The second-order valence-corrected chi connectivity index (χ2v) is 8.57. The van der Waals surface area contributed by atoms with E-state index in [9.17, 15) is 14.4 Å². The van der Waals surface area contributed by atoms with E-state index in [1.54, 1.807) is 47.4 Å². The van der Waals surface area contributed by atoms with Crippen LogP contribution in [0.4, 0.5) is 0 Å². The topological polar surface area (TPSA) is 110 Å². The Morgan fingerprint density at radius 2 is 1.81 bits per heavy atom. The third kappa shape index (κ3) is 5.03. The first-order chi connectivity index (χ1) is 15.3. The number of nitrogens with one attached hydrogen (secondary N) is 1. The first kappa shape index (κ1) is 22.1. The molecule has 1 saturated carbocycles. The summed E-state index contributed by atoms with van der Waals surface area (Å²) in [6.07, 6.45) is 1.69. The van der Waals surface area contributed by atoms with Gasteiger partial charge in [0.1, 0.15) is 6.54 Å². The Bertz CT molecular complexity index is 1190. The van der Waals surface area contributed by atoms with Crippen molar-refractivity contribution in [2.75, 3.05) is 6.54 Å². The maximum Gasteiger partial charge on any atom is 0.269 e. The summed E-state index contributed by atoms with van der Waals surface area (Å²) in [5, 5.41) is 8.59. The highest BCUT2D eigenvalue weighted by atomic mass is 35.5. The zero-order valence-electron chi connectivity index (χ0n) is 17.1. The van der Waals surface area contributed by atoms with E-state index in [1.165, 1.54) is 4.68 Å². The van der Waals surface area contributed by atoms with Crippen LogP contribution in [0.5, 0.6) is 0 Å². The summed E-state index contributed by atoms with van der Waals surface area (Å²) in [6, 6.07) is 12.1. The number of carbonyl (C=O) groups is 3. The van der Waals surface area contributed by atoms with E-state index in [-0.39, 0.29) is 43.2 Å². The summed E-state index contributed by atoms with van der Waals surface area (Å²) in [5.41, 5.74) is 6.94. The van der Waals surface area contributed by atoms with Gasteiger partial charge < -0.3 is 16.0 Å². The van der Waals surface area contributed by atoms with Gasteiger partial charge in [0.05, 0.1) is 12.1 Å². The minimum Gasteiger partial charge on any atom is -0.364 e. The Balaban J connectivity index is 1.44. The number of primary amides is 1. The molecule has 0 unspecified atom stereocenters. The third-order valence-corrected chi connectivity index (χ3v) is 5.65. The predicted molar refractivity (Wildman–Crippen MR) is 121 cm³/mol. The van der Waals surface area contributed by atoms with Crippen molar-refractivity contribution in [1.29, 1.82) is 0 Å². The highest BCUT2D eigenvalue weighted by molar-refractivity contribution is 6.34. The quantitative estimate of drug-likeness (QED) is 0.523. The van der Waals surface area contributed by atoms with Gasteiger partial charge in [-0.1, -0.05) is 41.4 Å². The molecule has 10 heteroatoms. The van der Waals surface area contributed by atoms with Crippen molar-refractivity contribution in [1.82, 2.24) is 20.0 Å². The number of aromatic nitrogens is 2. The molecule has 0 bridgehead atoms. The number of carbonyl (C=O) groups excluding carboxylic acids is 3. The van der Waals surface area contributed by atoms with Crippen LogP contribution in [-0.2, 0) is 22.7 Å². The van der Waals surface area contributed by atoms with E-state index in [1.807, 2.05) is 0 Å². The van der Waals surface area contributed by atoms with Gasteiger partial charge >= 0.3 is 0 Å². The van der Waals surface area contributed by atoms with E-state index < -0.39 is 5.91 Å². The Morgan fingerprint density at radius 1 is 1.12 bits per heavy atom. The lowest BCUT2D eigenvalue weighted by Gasteiger charge is -2.22. The normalized spacial score (nSPS) is 13.2. The molecule has 1 aliphatic carbocycles. The van der Waals surface area contributed by atoms with Crippen LogP contribution in [0.2, 0.25) is 10.0 Å². The summed E-state index contributed by atoms with van der Waals surface area (Å²) in [5.74, 6) is -1.20. The molecule has 0 aliphatic heterocycles. The average Bonchev–Trinajstić information content (AvgIpc) is 3.51. The average molecular weight is 474 g/mol. The zero-order valence-corrected chi connectivity index (χ0v) is 18.6. The zero-order chi connectivity index (χ0) is 22.8. The molecular weight excluding hydrogens is 453 g/mol. The van der Waals surface area contributed by atoms with Crippen molar-refractivity contribution >= 4 is 51.8 Å². The van der Waals surface area contributed by atoms with Gasteiger partial charge in [-0.15, -0.1) is 0 Å². The minimum atomic E-state index is -0.660. The minimum absolute atomic E-state index is 0.0197. The SMILES string of the molecule is NC(=O)c1nn(CC(=O)N(CC(=O)NCc2cc(Cl)cc(Cl)c2)C2CC2)c2ccccc12. The summed E-state index contributed by atoms with van der Waals surface area (Å²) in [4.78, 5) is 38.9. The number of hydrogen-bond donors (Lipinski definition) is 2. The summed E-state index contributed by atoms with van der Waals surface area (Å²) in [7, 11) is 0. The summed E-state index contributed by atoms with van der Waals surface area (Å²) in [6.45, 7) is 0.0821. The van der Waals surface area contributed by atoms with Gasteiger partial charge in [0.2, 0.25) is 11.8 Å². The van der Waals surface area contributed by atoms with Crippen LogP contribution in [0, 0.1) is 0 Å². The van der Waals surface area contributed by atoms with Gasteiger partial charge in [-0.05, 0) is 42.7 Å². The molecule has 1 fully saturated rings. The van der Waals surface area contributed by atoms with E-state index in [0.29, 0.717) is 20.9 Å². The second kappa shape index (κ2) is 9.18. The van der Waals surface area contributed by atoms with Crippen LogP contribution in [0.15, 0.2) is 42.5 Å². The molecule has 3 N–H and O–H groups in total. The Kier molecular flexibility index (Phi) is 6.34. The molecule has 0 atom stereocenters. The molecule has 1 aromatic heterocycles. The molecule has 0 radical (unpaired) electrons. The fourth-order valence-electron chi connectivity index (χ4n) is 3.58. The van der Waals surface area contributed by atoms with E-state index >= 15 is 0 Å². The number of nitrogens with two attached hydrogens (primary N) is 1. The van der Waals surface area contributed by atoms with Gasteiger partial charge in [0.25, 0.3) is 5.91 Å². The van der Waals surface area contributed by atoms with Crippen molar-refractivity contribution in [3.8, 4) is 0 Å². The van der Waals surface area contributed by atoms with Crippen molar-refractivity contribution in [2.45, 2.75) is 32.0 Å². The summed E-state index contributed by atoms with van der Waals surface area (Å²) < 4.78 is 1.46. The van der Waals surface area contributed by atoms with Crippen LogP contribution in [0.25, 0.3) is 10.9 Å². The number of rotatable bonds is 8. The fourth-order valence-corrected chi connectivity index (χ4v) is 4.15. The Labute approximate surface area is 194 Å². The van der Waals surface area contributed by atoms with Crippen LogP contribution in [-0.4, -0.2) is 45.0 Å². The maximum atomic E-state index is 13.0. The molecule has 8 nitrogen and oxygen atoms in total. The molecule has 32 heavy (non-hydrogen) atoms. The van der Waals surface area contributed by atoms with Crippen LogP contribution < -0.4 is 11.1 Å². The highest BCUT2D eigenvalue weighted by Gasteiger charge is 2.34. The highest BCUT2D eigenvalue weighted by Crippen LogP contribution is 2.27.